The topological polar surface area (TPSA) is 113 Å². The highest BCUT2D eigenvalue weighted by molar-refractivity contribution is 6.46. The number of rotatable bonds is 6. The summed E-state index contributed by atoms with van der Waals surface area (Å²) in [6, 6.07) is 11.9. The molecule has 4 rings (SSSR count). The van der Waals surface area contributed by atoms with Crippen molar-refractivity contribution >= 4 is 23.1 Å². The van der Waals surface area contributed by atoms with Gasteiger partial charge in [-0.2, -0.15) is 0 Å². The van der Waals surface area contributed by atoms with Crippen LogP contribution in [-0.2, 0) is 14.3 Å². The minimum atomic E-state index is -0.924. The van der Waals surface area contributed by atoms with E-state index in [4.69, 9.17) is 4.74 Å². The summed E-state index contributed by atoms with van der Waals surface area (Å²) in [6.45, 7) is 5.29. The Morgan fingerprint density at radius 1 is 1.12 bits per heavy atom. The molecule has 172 valence electrons. The summed E-state index contributed by atoms with van der Waals surface area (Å²) in [5, 5.41) is 22.4. The number of Topliss-reactive ketones (excluding diaryl/α,β-unsaturated/α-hetero) is 1. The van der Waals surface area contributed by atoms with Gasteiger partial charge in [-0.1, -0.05) is 42.0 Å². The lowest BCUT2D eigenvalue weighted by atomic mass is 9.94. The molecule has 9 heteroatoms. The van der Waals surface area contributed by atoms with Gasteiger partial charge in [0.05, 0.1) is 29.8 Å². The number of ether oxygens (including phenoxy) is 1. The van der Waals surface area contributed by atoms with Crippen molar-refractivity contribution in [1.82, 2.24) is 9.80 Å². The van der Waals surface area contributed by atoms with Crippen molar-refractivity contribution in [2.45, 2.75) is 13.0 Å². The molecule has 33 heavy (non-hydrogen) atoms. The van der Waals surface area contributed by atoms with Gasteiger partial charge in [0, 0.05) is 43.9 Å². The van der Waals surface area contributed by atoms with Crippen LogP contribution in [0.5, 0.6) is 0 Å². The Balaban J connectivity index is 1.77. The molecule has 0 unspecified atom stereocenters. The minimum absolute atomic E-state index is 0.0636. The van der Waals surface area contributed by atoms with Crippen LogP contribution in [0.25, 0.3) is 5.76 Å². The van der Waals surface area contributed by atoms with E-state index in [0.29, 0.717) is 30.9 Å². The van der Waals surface area contributed by atoms with Crippen LogP contribution in [0.3, 0.4) is 0 Å². The molecule has 2 fully saturated rings. The Bertz CT molecular complexity index is 1110. The molecule has 0 spiro atoms. The van der Waals surface area contributed by atoms with Crippen LogP contribution in [0, 0.1) is 17.0 Å². The number of amides is 1. The number of likely N-dealkylation sites (tertiary alicyclic amines) is 1. The maximum Gasteiger partial charge on any atom is 0.295 e. The summed E-state index contributed by atoms with van der Waals surface area (Å²) >= 11 is 0. The van der Waals surface area contributed by atoms with Gasteiger partial charge in [-0.05, 0) is 12.5 Å². The zero-order valence-corrected chi connectivity index (χ0v) is 18.3. The summed E-state index contributed by atoms with van der Waals surface area (Å²) in [6.07, 6.45) is 0. The molecule has 1 amide bonds. The number of aryl methyl sites for hydroxylation is 1. The zero-order valence-electron chi connectivity index (χ0n) is 18.3. The van der Waals surface area contributed by atoms with E-state index in [1.807, 2.05) is 6.92 Å². The predicted molar refractivity (Wildman–Crippen MR) is 121 cm³/mol. The second-order valence-electron chi connectivity index (χ2n) is 8.16. The quantitative estimate of drug-likeness (QED) is 0.236. The highest BCUT2D eigenvalue weighted by Crippen LogP contribution is 2.40. The number of nitro benzene ring substituents is 1. The first-order chi connectivity index (χ1) is 15.9. The smallest absolute Gasteiger partial charge is 0.295 e. The minimum Gasteiger partial charge on any atom is -0.507 e. The van der Waals surface area contributed by atoms with Crippen molar-refractivity contribution in [1.29, 1.82) is 0 Å². The van der Waals surface area contributed by atoms with Crippen LogP contribution in [-0.4, -0.2) is 70.9 Å². The number of aliphatic hydroxyl groups excluding tert-OH is 1. The number of non-ortho nitro benzene ring substituents is 1. The summed E-state index contributed by atoms with van der Waals surface area (Å²) in [4.78, 5) is 40.5. The normalized spacial score (nSPS) is 20.9. The lowest BCUT2D eigenvalue weighted by Crippen LogP contribution is -2.42. The van der Waals surface area contributed by atoms with E-state index in [1.165, 1.54) is 23.1 Å². The first kappa shape index (κ1) is 22.6. The predicted octanol–water partition coefficient (Wildman–Crippen LogP) is 2.66. The van der Waals surface area contributed by atoms with Crippen LogP contribution < -0.4 is 0 Å². The number of hydrogen-bond donors (Lipinski definition) is 1. The van der Waals surface area contributed by atoms with Crippen molar-refractivity contribution in [3.63, 3.8) is 0 Å². The maximum atomic E-state index is 13.1. The van der Waals surface area contributed by atoms with Crippen LogP contribution in [0.1, 0.15) is 22.7 Å². The van der Waals surface area contributed by atoms with E-state index in [2.05, 4.69) is 4.90 Å². The molecule has 2 aliphatic rings. The lowest BCUT2D eigenvalue weighted by Gasteiger charge is -2.31. The molecule has 0 radical (unpaired) electrons. The number of benzene rings is 2. The zero-order chi connectivity index (χ0) is 23.5. The molecule has 2 heterocycles. The van der Waals surface area contributed by atoms with Crippen LogP contribution in [0.15, 0.2) is 54.1 Å². The molecule has 9 nitrogen and oxygen atoms in total. The van der Waals surface area contributed by atoms with E-state index in [0.717, 1.165) is 18.7 Å². The number of ketones is 1. The van der Waals surface area contributed by atoms with Gasteiger partial charge >= 0.3 is 0 Å². The average Bonchev–Trinajstić information content (AvgIpc) is 3.08. The fraction of sp³-hybridized carbons (Fsp3) is 0.333. The van der Waals surface area contributed by atoms with E-state index < -0.39 is 22.7 Å². The second kappa shape index (κ2) is 9.51. The summed E-state index contributed by atoms with van der Waals surface area (Å²) < 4.78 is 5.36. The van der Waals surface area contributed by atoms with Gasteiger partial charge in [-0.15, -0.1) is 0 Å². The largest absolute Gasteiger partial charge is 0.507 e. The lowest BCUT2D eigenvalue weighted by molar-refractivity contribution is -0.384. The van der Waals surface area contributed by atoms with E-state index in [1.54, 1.807) is 30.3 Å². The Kier molecular flexibility index (Phi) is 6.52. The Morgan fingerprint density at radius 2 is 1.82 bits per heavy atom. The maximum absolute atomic E-state index is 13.1. The van der Waals surface area contributed by atoms with E-state index in [-0.39, 0.29) is 23.6 Å². The third kappa shape index (κ3) is 4.64. The molecule has 0 saturated carbocycles. The van der Waals surface area contributed by atoms with E-state index in [9.17, 15) is 24.8 Å². The van der Waals surface area contributed by atoms with Gasteiger partial charge in [0.15, 0.2) is 0 Å². The molecule has 2 aromatic carbocycles. The molecule has 1 N–H and O–H groups in total. The third-order valence-corrected chi connectivity index (χ3v) is 6.02. The standard InChI is InChI=1S/C24H25N3O6/c1-16-5-7-17(8-6-16)22(28)20-21(18-3-2-4-19(15-18)27(31)32)26(24(30)23(20)29)10-9-25-11-13-33-14-12-25/h2-8,15,21,28H,9-14H2,1H3/b22-20+/t21-/m0/s1. The first-order valence-electron chi connectivity index (χ1n) is 10.8. The molecule has 0 aliphatic carbocycles. The van der Waals surface area contributed by atoms with Crippen molar-refractivity contribution in [2.75, 3.05) is 39.4 Å². The molecular formula is C24H25N3O6. The van der Waals surface area contributed by atoms with Gasteiger partial charge in [-0.3, -0.25) is 24.6 Å². The summed E-state index contributed by atoms with van der Waals surface area (Å²) in [5.74, 6) is -1.82. The van der Waals surface area contributed by atoms with Crippen LogP contribution >= 0.6 is 0 Å². The van der Waals surface area contributed by atoms with Crippen molar-refractivity contribution in [3.8, 4) is 0 Å². The number of nitrogens with zero attached hydrogens (tertiary/aromatic N) is 3. The molecule has 2 saturated heterocycles. The molecule has 2 aliphatic heterocycles. The van der Waals surface area contributed by atoms with Gasteiger partial charge < -0.3 is 14.7 Å². The molecule has 0 bridgehead atoms. The number of hydrogen-bond acceptors (Lipinski definition) is 7. The van der Waals surface area contributed by atoms with Crippen molar-refractivity contribution in [2.24, 2.45) is 0 Å². The van der Waals surface area contributed by atoms with Crippen LogP contribution in [0.2, 0.25) is 0 Å². The molecular weight excluding hydrogens is 426 g/mol. The number of morpholine rings is 1. The highest BCUT2D eigenvalue weighted by Gasteiger charge is 2.46. The van der Waals surface area contributed by atoms with Crippen LogP contribution in [0.4, 0.5) is 5.69 Å². The third-order valence-electron chi connectivity index (χ3n) is 6.02. The fourth-order valence-corrected chi connectivity index (χ4v) is 4.21. The summed E-state index contributed by atoms with van der Waals surface area (Å²) in [5.41, 5.74) is 1.57. The molecule has 1 atom stereocenters. The number of nitro groups is 1. The average molecular weight is 451 g/mol. The van der Waals surface area contributed by atoms with Gasteiger partial charge in [-0.25, -0.2) is 0 Å². The van der Waals surface area contributed by atoms with Crippen molar-refractivity contribution in [3.05, 3.63) is 80.9 Å². The number of carbonyl (C=O) groups is 2. The van der Waals surface area contributed by atoms with Crippen molar-refractivity contribution < 1.29 is 24.4 Å². The highest BCUT2D eigenvalue weighted by atomic mass is 16.6. The van der Waals surface area contributed by atoms with E-state index >= 15 is 0 Å². The van der Waals surface area contributed by atoms with Gasteiger partial charge in [0.25, 0.3) is 17.4 Å². The summed E-state index contributed by atoms with van der Waals surface area (Å²) in [7, 11) is 0. The Morgan fingerprint density at radius 3 is 2.48 bits per heavy atom. The van der Waals surface area contributed by atoms with Gasteiger partial charge in [0.1, 0.15) is 5.76 Å². The second-order valence-corrected chi connectivity index (χ2v) is 8.16. The SMILES string of the molecule is Cc1ccc(/C(O)=C2\C(=O)C(=O)N(CCN3CCOCC3)[C@H]2c2cccc([N+](=O)[O-])c2)cc1. The molecule has 2 aromatic rings. The molecule has 0 aromatic heterocycles. The number of aliphatic hydroxyl groups is 1. The number of carbonyl (C=O) groups excluding carboxylic acids is 2. The Labute approximate surface area is 191 Å². The fourth-order valence-electron chi connectivity index (χ4n) is 4.21. The van der Waals surface area contributed by atoms with Gasteiger partial charge in [0.2, 0.25) is 0 Å². The Hall–Kier alpha value is -3.56. The first-order valence-corrected chi connectivity index (χ1v) is 10.8. The monoisotopic (exact) mass is 451 g/mol.